The molecule has 1 aromatic carbocycles. The van der Waals surface area contributed by atoms with Gasteiger partial charge in [0.15, 0.2) is 0 Å². The molecule has 0 atom stereocenters. The molecule has 0 radical (unpaired) electrons. The van der Waals surface area contributed by atoms with E-state index in [0.29, 0.717) is 0 Å². The highest BCUT2D eigenvalue weighted by Crippen LogP contribution is 2.22. The van der Waals surface area contributed by atoms with Gasteiger partial charge in [-0.3, -0.25) is 0 Å². The smallest absolute Gasteiger partial charge is 0.138 e. The Kier molecular flexibility index (Phi) is 4.19. The summed E-state index contributed by atoms with van der Waals surface area (Å²) in [6.45, 7) is 2.09. The fraction of sp³-hybridized carbons (Fsp3) is 0.316. The minimum absolute atomic E-state index is 0.0576. The van der Waals surface area contributed by atoms with Crippen LogP contribution in [0, 0.1) is 0 Å². The zero-order valence-electron chi connectivity index (χ0n) is 13.5. The van der Waals surface area contributed by atoms with Crippen LogP contribution in [0.1, 0.15) is 18.4 Å². The second-order valence-electron chi connectivity index (χ2n) is 6.16. The van der Waals surface area contributed by atoms with E-state index in [1.54, 1.807) is 6.20 Å². The van der Waals surface area contributed by atoms with Crippen molar-refractivity contribution in [1.29, 1.82) is 0 Å². The number of aromatic nitrogens is 2. The zero-order valence-corrected chi connectivity index (χ0v) is 13.5. The molecule has 0 saturated carbocycles. The number of hydrogen-bond donors (Lipinski definition) is 2. The maximum absolute atomic E-state index is 9.25. The predicted octanol–water partition coefficient (Wildman–Crippen LogP) is 2.65. The molecule has 2 aromatic heterocycles. The molecule has 2 N–H and O–H groups in total. The van der Waals surface area contributed by atoms with E-state index in [1.807, 2.05) is 47.2 Å². The number of benzene rings is 1. The first-order valence-corrected chi connectivity index (χ1v) is 8.38. The zero-order chi connectivity index (χ0) is 16.4. The normalized spacial score (nSPS) is 15.7. The van der Waals surface area contributed by atoms with Crippen molar-refractivity contribution in [2.75, 3.05) is 13.1 Å². The van der Waals surface area contributed by atoms with Crippen LogP contribution >= 0.6 is 0 Å². The summed E-state index contributed by atoms with van der Waals surface area (Å²) in [6.07, 6.45) is 6.16. The van der Waals surface area contributed by atoms with Gasteiger partial charge in [0.25, 0.3) is 0 Å². The second kappa shape index (κ2) is 6.63. The van der Waals surface area contributed by atoms with Gasteiger partial charge in [0.1, 0.15) is 17.7 Å². The second-order valence-corrected chi connectivity index (χ2v) is 6.16. The number of nitrogens with zero attached hydrogens (tertiary/aromatic N) is 2. The SMILES string of the molecule is OCc1ccc2c(ccn2-c2ccc(OC3CCNCC3)cn2)c1. The van der Waals surface area contributed by atoms with Crippen molar-refractivity contribution in [3.8, 4) is 11.6 Å². The Morgan fingerprint density at radius 1 is 1.17 bits per heavy atom. The van der Waals surface area contributed by atoms with Crippen molar-refractivity contribution in [3.63, 3.8) is 0 Å². The lowest BCUT2D eigenvalue weighted by molar-refractivity contribution is 0.162. The van der Waals surface area contributed by atoms with E-state index < -0.39 is 0 Å². The molecule has 1 aliphatic heterocycles. The third-order valence-electron chi connectivity index (χ3n) is 4.49. The molecule has 1 aliphatic rings. The number of piperidine rings is 1. The largest absolute Gasteiger partial charge is 0.489 e. The number of rotatable bonds is 4. The highest BCUT2D eigenvalue weighted by molar-refractivity contribution is 5.82. The van der Waals surface area contributed by atoms with Crippen LogP contribution in [0.3, 0.4) is 0 Å². The summed E-state index contributed by atoms with van der Waals surface area (Å²) >= 11 is 0. The summed E-state index contributed by atoms with van der Waals surface area (Å²) in [5.41, 5.74) is 1.99. The molecule has 0 bridgehead atoms. The minimum Gasteiger partial charge on any atom is -0.489 e. The Balaban J connectivity index is 1.56. The van der Waals surface area contributed by atoms with Gasteiger partial charge < -0.3 is 19.7 Å². The standard InChI is InChI=1S/C19H21N3O2/c23-13-14-1-3-18-15(11-14)7-10-22(18)19-4-2-17(12-21-19)24-16-5-8-20-9-6-16/h1-4,7,10-12,16,20,23H,5-6,8-9,13H2. The van der Waals surface area contributed by atoms with E-state index in [2.05, 4.69) is 10.3 Å². The molecular formula is C19H21N3O2. The molecule has 0 unspecified atom stereocenters. The lowest BCUT2D eigenvalue weighted by Gasteiger charge is -2.23. The summed E-state index contributed by atoms with van der Waals surface area (Å²) in [4.78, 5) is 4.55. The first kappa shape index (κ1) is 15.2. The molecule has 3 heterocycles. The number of aliphatic hydroxyl groups excluding tert-OH is 1. The lowest BCUT2D eigenvalue weighted by atomic mass is 10.1. The lowest BCUT2D eigenvalue weighted by Crippen LogP contribution is -2.34. The summed E-state index contributed by atoms with van der Waals surface area (Å²) < 4.78 is 8.05. The molecule has 124 valence electrons. The topological polar surface area (TPSA) is 59.3 Å². The van der Waals surface area contributed by atoms with E-state index in [1.165, 1.54) is 0 Å². The van der Waals surface area contributed by atoms with Gasteiger partial charge in [-0.2, -0.15) is 0 Å². The number of pyridine rings is 1. The van der Waals surface area contributed by atoms with Gasteiger partial charge in [-0.15, -0.1) is 0 Å². The average Bonchev–Trinajstić information content (AvgIpc) is 3.06. The molecule has 5 heteroatoms. The van der Waals surface area contributed by atoms with Gasteiger partial charge in [0.05, 0.1) is 18.3 Å². The van der Waals surface area contributed by atoms with Gasteiger partial charge in [-0.05, 0) is 61.8 Å². The minimum atomic E-state index is 0.0576. The van der Waals surface area contributed by atoms with E-state index >= 15 is 0 Å². The van der Waals surface area contributed by atoms with Crippen molar-refractivity contribution in [3.05, 3.63) is 54.4 Å². The number of hydrogen-bond acceptors (Lipinski definition) is 4. The highest BCUT2D eigenvalue weighted by Gasteiger charge is 2.14. The predicted molar refractivity (Wildman–Crippen MR) is 93.5 cm³/mol. The van der Waals surface area contributed by atoms with Gasteiger partial charge in [0.2, 0.25) is 0 Å². The Morgan fingerprint density at radius 3 is 2.79 bits per heavy atom. The Morgan fingerprint density at radius 2 is 2.04 bits per heavy atom. The fourth-order valence-corrected chi connectivity index (χ4v) is 3.18. The maximum atomic E-state index is 9.25. The molecule has 0 spiro atoms. The van der Waals surface area contributed by atoms with Crippen LogP contribution < -0.4 is 10.1 Å². The van der Waals surface area contributed by atoms with Crippen molar-refractivity contribution in [2.45, 2.75) is 25.6 Å². The monoisotopic (exact) mass is 323 g/mol. The highest BCUT2D eigenvalue weighted by atomic mass is 16.5. The maximum Gasteiger partial charge on any atom is 0.138 e. The number of fused-ring (bicyclic) bond motifs is 1. The van der Waals surface area contributed by atoms with E-state index in [4.69, 9.17) is 4.74 Å². The molecule has 5 nitrogen and oxygen atoms in total. The fourth-order valence-electron chi connectivity index (χ4n) is 3.18. The van der Waals surface area contributed by atoms with Crippen LogP contribution in [-0.2, 0) is 6.61 Å². The molecule has 3 aromatic rings. The van der Waals surface area contributed by atoms with Crippen molar-refractivity contribution in [2.24, 2.45) is 0 Å². The number of aliphatic hydroxyl groups is 1. The molecule has 1 fully saturated rings. The molecule has 24 heavy (non-hydrogen) atoms. The molecule has 4 rings (SSSR count). The van der Waals surface area contributed by atoms with Crippen molar-refractivity contribution in [1.82, 2.24) is 14.9 Å². The van der Waals surface area contributed by atoms with Crippen molar-refractivity contribution < 1.29 is 9.84 Å². The molecule has 0 amide bonds. The third kappa shape index (κ3) is 3.00. The van der Waals surface area contributed by atoms with Crippen LogP contribution in [0.2, 0.25) is 0 Å². The first-order chi connectivity index (χ1) is 11.8. The molecular weight excluding hydrogens is 302 g/mol. The molecule has 0 aliphatic carbocycles. The van der Waals surface area contributed by atoms with Gasteiger partial charge in [-0.25, -0.2) is 4.98 Å². The third-order valence-corrected chi connectivity index (χ3v) is 4.49. The van der Waals surface area contributed by atoms with Crippen molar-refractivity contribution >= 4 is 10.9 Å². The van der Waals surface area contributed by atoms with E-state index in [-0.39, 0.29) is 12.7 Å². The van der Waals surface area contributed by atoms with Crippen LogP contribution in [0.4, 0.5) is 0 Å². The average molecular weight is 323 g/mol. The first-order valence-electron chi connectivity index (χ1n) is 8.38. The quantitative estimate of drug-likeness (QED) is 0.775. The Hall–Kier alpha value is -2.37. The van der Waals surface area contributed by atoms with E-state index in [0.717, 1.165) is 54.0 Å². The summed E-state index contributed by atoms with van der Waals surface area (Å²) in [7, 11) is 0. The summed E-state index contributed by atoms with van der Waals surface area (Å²) in [6, 6.07) is 12.0. The molecule has 1 saturated heterocycles. The van der Waals surface area contributed by atoms with Crippen LogP contribution in [-0.4, -0.2) is 33.9 Å². The summed E-state index contributed by atoms with van der Waals surface area (Å²) in [5, 5.41) is 13.7. The van der Waals surface area contributed by atoms with Crippen LogP contribution in [0.15, 0.2) is 48.8 Å². The van der Waals surface area contributed by atoms with Crippen LogP contribution in [0.25, 0.3) is 16.7 Å². The Bertz CT molecular complexity index is 820. The van der Waals surface area contributed by atoms with Crippen LogP contribution in [0.5, 0.6) is 5.75 Å². The number of ether oxygens (including phenoxy) is 1. The Labute approximate surface area is 140 Å². The van der Waals surface area contributed by atoms with E-state index in [9.17, 15) is 5.11 Å². The van der Waals surface area contributed by atoms with Gasteiger partial charge >= 0.3 is 0 Å². The van der Waals surface area contributed by atoms with Gasteiger partial charge in [0, 0.05) is 11.6 Å². The summed E-state index contributed by atoms with van der Waals surface area (Å²) in [5.74, 6) is 1.68. The number of nitrogens with one attached hydrogen (secondary N) is 1. The van der Waals surface area contributed by atoms with Gasteiger partial charge in [-0.1, -0.05) is 6.07 Å².